The third-order valence-electron chi connectivity index (χ3n) is 4.06. The Morgan fingerprint density at radius 1 is 1.32 bits per heavy atom. The molecular formula is C16H24N2O. The number of nitrogens with one attached hydrogen (secondary N) is 1. The summed E-state index contributed by atoms with van der Waals surface area (Å²) in [5.74, 6) is 0.596. The first-order valence-electron chi connectivity index (χ1n) is 7.31. The number of primary amides is 1. The van der Waals surface area contributed by atoms with Gasteiger partial charge in [-0.05, 0) is 36.5 Å². The van der Waals surface area contributed by atoms with Gasteiger partial charge in [0.2, 0.25) is 5.91 Å². The summed E-state index contributed by atoms with van der Waals surface area (Å²) in [5, 5.41) is 3.61. The van der Waals surface area contributed by atoms with Gasteiger partial charge in [-0.25, -0.2) is 0 Å². The predicted molar refractivity (Wildman–Crippen MR) is 79.0 cm³/mol. The van der Waals surface area contributed by atoms with Crippen molar-refractivity contribution < 1.29 is 4.79 Å². The monoisotopic (exact) mass is 260 g/mol. The van der Waals surface area contributed by atoms with Crippen LogP contribution < -0.4 is 11.1 Å². The van der Waals surface area contributed by atoms with E-state index in [-0.39, 0.29) is 5.91 Å². The van der Waals surface area contributed by atoms with E-state index in [1.165, 1.54) is 32.1 Å². The molecule has 3 N–H and O–H groups in total. The van der Waals surface area contributed by atoms with Crippen molar-refractivity contribution in [1.82, 2.24) is 0 Å². The van der Waals surface area contributed by atoms with Crippen molar-refractivity contribution in [3.05, 3.63) is 29.8 Å². The van der Waals surface area contributed by atoms with Gasteiger partial charge in [0, 0.05) is 11.7 Å². The number of hydrogen-bond acceptors (Lipinski definition) is 2. The summed E-state index contributed by atoms with van der Waals surface area (Å²) in [6.45, 7) is 2.28. The zero-order valence-electron chi connectivity index (χ0n) is 11.7. The van der Waals surface area contributed by atoms with Crippen LogP contribution in [0.5, 0.6) is 0 Å². The first-order valence-corrected chi connectivity index (χ1v) is 7.31. The number of hydrogen-bond donors (Lipinski definition) is 2. The van der Waals surface area contributed by atoms with E-state index in [4.69, 9.17) is 5.73 Å². The molecule has 0 aliphatic heterocycles. The minimum atomic E-state index is -0.279. The zero-order valence-corrected chi connectivity index (χ0v) is 11.7. The highest BCUT2D eigenvalue weighted by Crippen LogP contribution is 2.28. The van der Waals surface area contributed by atoms with Gasteiger partial charge in [0.05, 0.1) is 6.42 Å². The lowest BCUT2D eigenvalue weighted by Crippen LogP contribution is -2.27. The second-order valence-electron chi connectivity index (χ2n) is 5.62. The van der Waals surface area contributed by atoms with Crippen molar-refractivity contribution in [2.45, 2.75) is 51.5 Å². The lowest BCUT2D eigenvalue weighted by molar-refractivity contribution is -0.117. The van der Waals surface area contributed by atoms with Gasteiger partial charge < -0.3 is 11.1 Å². The topological polar surface area (TPSA) is 55.1 Å². The summed E-state index contributed by atoms with van der Waals surface area (Å²) < 4.78 is 0. The maximum absolute atomic E-state index is 10.8. The highest BCUT2D eigenvalue weighted by atomic mass is 16.1. The van der Waals surface area contributed by atoms with E-state index in [0.717, 1.165) is 17.2 Å². The van der Waals surface area contributed by atoms with Gasteiger partial charge in [0.15, 0.2) is 0 Å². The number of benzene rings is 1. The molecule has 2 atom stereocenters. The van der Waals surface area contributed by atoms with Crippen LogP contribution in [0.25, 0.3) is 0 Å². The SMILES string of the molecule is CCC1CCCC(Nc2ccc(CC(N)=O)cc2)C1. The molecule has 0 radical (unpaired) electrons. The minimum absolute atomic E-state index is 0.279. The molecular weight excluding hydrogens is 236 g/mol. The number of amides is 1. The van der Waals surface area contributed by atoms with Crippen LogP contribution in [0.3, 0.4) is 0 Å². The van der Waals surface area contributed by atoms with Crippen molar-refractivity contribution in [3.63, 3.8) is 0 Å². The molecule has 1 amide bonds. The lowest BCUT2D eigenvalue weighted by Gasteiger charge is -2.29. The molecule has 1 saturated carbocycles. The van der Waals surface area contributed by atoms with E-state index in [0.29, 0.717) is 12.5 Å². The molecule has 0 saturated heterocycles. The second kappa shape index (κ2) is 6.60. The molecule has 2 unspecified atom stereocenters. The third kappa shape index (κ3) is 4.27. The number of anilines is 1. The average molecular weight is 260 g/mol. The lowest BCUT2D eigenvalue weighted by atomic mass is 9.84. The Kier molecular flexibility index (Phi) is 4.83. The Hall–Kier alpha value is -1.51. The van der Waals surface area contributed by atoms with Gasteiger partial charge in [-0.2, -0.15) is 0 Å². The van der Waals surface area contributed by atoms with E-state index in [1.54, 1.807) is 0 Å². The van der Waals surface area contributed by atoms with Crippen molar-refractivity contribution in [2.24, 2.45) is 11.7 Å². The summed E-state index contributed by atoms with van der Waals surface area (Å²) in [5.41, 5.74) is 7.32. The molecule has 3 nitrogen and oxygen atoms in total. The van der Waals surface area contributed by atoms with E-state index < -0.39 is 0 Å². The summed E-state index contributed by atoms with van der Waals surface area (Å²) in [6.07, 6.45) is 6.86. The second-order valence-corrected chi connectivity index (χ2v) is 5.62. The van der Waals surface area contributed by atoms with Gasteiger partial charge in [0.25, 0.3) is 0 Å². The van der Waals surface area contributed by atoms with Crippen LogP contribution in [0.15, 0.2) is 24.3 Å². The Morgan fingerprint density at radius 3 is 2.68 bits per heavy atom. The van der Waals surface area contributed by atoms with Crippen molar-refractivity contribution in [2.75, 3.05) is 5.32 Å². The Balaban J connectivity index is 1.90. The summed E-state index contributed by atoms with van der Waals surface area (Å²) in [7, 11) is 0. The average Bonchev–Trinajstić information content (AvgIpc) is 2.41. The molecule has 104 valence electrons. The molecule has 1 aliphatic carbocycles. The van der Waals surface area contributed by atoms with E-state index in [9.17, 15) is 4.79 Å². The molecule has 0 heterocycles. The van der Waals surface area contributed by atoms with Crippen LogP contribution in [0.4, 0.5) is 5.69 Å². The largest absolute Gasteiger partial charge is 0.382 e. The normalized spacial score (nSPS) is 23.0. The standard InChI is InChI=1S/C16H24N2O/c1-2-12-4-3-5-15(10-12)18-14-8-6-13(7-9-14)11-16(17)19/h6-9,12,15,18H,2-5,10-11H2,1H3,(H2,17,19). The molecule has 2 rings (SSSR count). The van der Waals surface area contributed by atoms with Gasteiger partial charge >= 0.3 is 0 Å². The van der Waals surface area contributed by atoms with Crippen LogP contribution >= 0.6 is 0 Å². The van der Waals surface area contributed by atoms with Crippen LogP contribution in [-0.4, -0.2) is 11.9 Å². The fourth-order valence-corrected chi connectivity index (χ4v) is 2.95. The third-order valence-corrected chi connectivity index (χ3v) is 4.06. The first-order chi connectivity index (χ1) is 9.17. The maximum Gasteiger partial charge on any atom is 0.221 e. The fraction of sp³-hybridized carbons (Fsp3) is 0.562. The summed E-state index contributed by atoms with van der Waals surface area (Å²) in [4.78, 5) is 10.8. The Labute approximate surface area is 115 Å². The molecule has 1 fully saturated rings. The molecule has 1 aromatic rings. The van der Waals surface area contributed by atoms with Crippen molar-refractivity contribution in [1.29, 1.82) is 0 Å². The Morgan fingerprint density at radius 2 is 2.05 bits per heavy atom. The van der Waals surface area contributed by atoms with Crippen molar-refractivity contribution >= 4 is 11.6 Å². The fourth-order valence-electron chi connectivity index (χ4n) is 2.95. The van der Waals surface area contributed by atoms with E-state index >= 15 is 0 Å². The van der Waals surface area contributed by atoms with Gasteiger partial charge in [-0.3, -0.25) is 4.79 Å². The summed E-state index contributed by atoms with van der Waals surface area (Å²) >= 11 is 0. The molecule has 1 aliphatic rings. The van der Waals surface area contributed by atoms with Crippen LogP contribution in [0.2, 0.25) is 0 Å². The van der Waals surface area contributed by atoms with Gasteiger partial charge in [0.1, 0.15) is 0 Å². The summed E-state index contributed by atoms with van der Waals surface area (Å²) in [6, 6.07) is 8.66. The predicted octanol–water partition coefficient (Wildman–Crippen LogP) is 3.10. The molecule has 0 spiro atoms. The first kappa shape index (κ1) is 13.9. The highest BCUT2D eigenvalue weighted by Gasteiger charge is 2.20. The zero-order chi connectivity index (χ0) is 13.7. The quantitative estimate of drug-likeness (QED) is 0.854. The van der Waals surface area contributed by atoms with Crippen LogP contribution in [0, 0.1) is 5.92 Å². The molecule has 19 heavy (non-hydrogen) atoms. The van der Waals surface area contributed by atoms with Crippen LogP contribution in [0.1, 0.15) is 44.6 Å². The highest BCUT2D eigenvalue weighted by molar-refractivity contribution is 5.76. The Bertz CT molecular complexity index is 413. The molecule has 0 bridgehead atoms. The minimum Gasteiger partial charge on any atom is -0.382 e. The van der Waals surface area contributed by atoms with Crippen LogP contribution in [-0.2, 0) is 11.2 Å². The molecule has 1 aromatic carbocycles. The molecule has 0 aromatic heterocycles. The maximum atomic E-state index is 10.8. The number of carbonyl (C=O) groups excluding carboxylic acids is 1. The van der Waals surface area contributed by atoms with Crippen molar-refractivity contribution in [3.8, 4) is 0 Å². The molecule has 3 heteroatoms. The number of nitrogens with two attached hydrogens (primary N) is 1. The number of carbonyl (C=O) groups is 1. The van der Waals surface area contributed by atoms with E-state index in [1.807, 2.05) is 24.3 Å². The smallest absolute Gasteiger partial charge is 0.221 e. The van der Waals surface area contributed by atoms with E-state index in [2.05, 4.69) is 12.2 Å². The van der Waals surface area contributed by atoms with Gasteiger partial charge in [-0.15, -0.1) is 0 Å². The van der Waals surface area contributed by atoms with Gasteiger partial charge in [-0.1, -0.05) is 38.3 Å². The number of rotatable bonds is 5.